The molecular weight excluding hydrogens is 344 g/mol. The number of nitrogens with zero attached hydrogens (tertiary/aromatic N) is 3. The molecule has 3 rings (SSSR count). The van der Waals surface area contributed by atoms with Gasteiger partial charge in [-0.15, -0.1) is 0 Å². The molecule has 0 radical (unpaired) electrons. The van der Waals surface area contributed by atoms with Crippen LogP contribution in [0.3, 0.4) is 0 Å². The molecule has 0 unspecified atom stereocenters. The molecule has 0 saturated heterocycles. The summed E-state index contributed by atoms with van der Waals surface area (Å²) in [5, 5.41) is 8.41. The molecule has 0 atom stereocenters. The smallest absolute Gasteiger partial charge is 0.230 e. The molecule has 0 aliphatic carbocycles. The van der Waals surface area contributed by atoms with Crippen LogP contribution in [-0.2, 0) is 4.79 Å². The van der Waals surface area contributed by atoms with Gasteiger partial charge in [0, 0.05) is 24.5 Å². The van der Waals surface area contributed by atoms with E-state index in [-0.39, 0.29) is 5.91 Å². The Balaban J connectivity index is 1.71. The summed E-state index contributed by atoms with van der Waals surface area (Å²) in [6.45, 7) is 7.09. The third kappa shape index (κ3) is 4.64. The van der Waals surface area contributed by atoms with Crippen molar-refractivity contribution in [2.45, 2.75) is 32.2 Å². The van der Waals surface area contributed by atoms with Crippen molar-refractivity contribution in [3.05, 3.63) is 48.3 Å². The number of fused-ring (bicyclic) bond motifs is 1. The van der Waals surface area contributed by atoms with Crippen LogP contribution in [0.15, 0.2) is 47.8 Å². The second kappa shape index (κ2) is 8.36. The second-order valence-corrected chi connectivity index (χ2v) is 7.74. The fourth-order valence-corrected chi connectivity index (χ4v) is 3.37. The van der Waals surface area contributed by atoms with Crippen molar-refractivity contribution in [1.29, 1.82) is 0 Å². The molecule has 1 N–H and O–H groups in total. The Hall–Kier alpha value is -2.34. The lowest BCUT2D eigenvalue weighted by molar-refractivity contribution is -0.118. The van der Waals surface area contributed by atoms with Crippen molar-refractivity contribution in [2.75, 3.05) is 12.3 Å². The van der Waals surface area contributed by atoms with Crippen molar-refractivity contribution in [1.82, 2.24) is 19.9 Å². The summed E-state index contributed by atoms with van der Waals surface area (Å²) in [6.07, 6.45) is 4.55. The van der Waals surface area contributed by atoms with Gasteiger partial charge >= 0.3 is 0 Å². The van der Waals surface area contributed by atoms with E-state index in [4.69, 9.17) is 0 Å². The zero-order valence-electron chi connectivity index (χ0n) is 15.4. The Morgan fingerprint density at radius 2 is 2.04 bits per heavy atom. The number of aromatic nitrogens is 3. The standard InChI is InChI=1S/C20H24N4OS/c1-14(2)8-9-21-19(25)13-26-20-18-12-17(23-24(18)11-10-22-20)16-6-4-15(3)5-7-16/h4-7,10-12,14H,8-9,13H2,1-3H3,(H,21,25). The van der Waals surface area contributed by atoms with E-state index in [0.29, 0.717) is 11.7 Å². The van der Waals surface area contributed by atoms with Crippen LogP contribution in [0.25, 0.3) is 16.8 Å². The summed E-state index contributed by atoms with van der Waals surface area (Å²) in [6, 6.07) is 10.3. The van der Waals surface area contributed by atoms with E-state index in [2.05, 4.69) is 60.4 Å². The predicted molar refractivity (Wildman–Crippen MR) is 106 cm³/mol. The van der Waals surface area contributed by atoms with Crippen LogP contribution < -0.4 is 5.32 Å². The van der Waals surface area contributed by atoms with Gasteiger partial charge in [-0.05, 0) is 25.3 Å². The largest absolute Gasteiger partial charge is 0.355 e. The quantitative estimate of drug-likeness (QED) is 0.641. The van der Waals surface area contributed by atoms with Crippen molar-refractivity contribution >= 4 is 23.2 Å². The average molecular weight is 369 g/mol. The van der Waals surface area contributed by atoms with E-state index >= 15 is 0 Å². The van der Waals surface area contributed by atoms with Crippen LogP contribution in [-0.4, -0.2) is 32.8 Å². The molecular formula is C20H24N4OS. The molecule has 0 aliphatic rings. The van der Waals surface area contributed by atoms with E-state index in [9.17, 15) is 4.79 Å². The summed E-state index contributed by atoms with van der Waals surface area (Å²) < 4.78 is 1.82. The molecule has 1 aromatic carbocycles. The van der Waals surface area contributed by atoms with Crippen LogP contribution in [0.1, 0.15) is 25.8 Å². The van der Waals surface area contributed by atoms with Crippen LogP contribution in [0.5, 0.6) is 0 Å². The number of rotatable bonds is 7. The van der Waals surface area contributed by atoms with Crippen molar-refractivity contribution < 1.29 is 4.79 Å². The maximum atomic E-state index is 12.0. The maximum absolute atomic E-state index is 12.0. The van der Waals surface area contributed by atoms with Crippen LogP contribution in [0.4, 0.5) is 0 Å². The summed E-state index contributed by atoms with van der Waals surface area (Å²) in [7, 11) is 0. The average Bonchev–Trinajstić information content (AvgIpc) is 3.05. The first kappa shape index (κ1) is 18.5. The number of aryl methyl sites for hydroxylation is 1. The van der Waals surface area contributed by atoms with Gasteiger partial charge in [-0.1, -0.05) is 55.4 Å². The fourth-order valence-electron chi connectivity index (χ4n) is 2.56. The van der Waals surface area contributed by atoms with Gasteiger partial charge in [0.15, 0.2) is 0 Å². The minimum atomic E-state index is 0.0396. The van der Waals surface area contributed by atoms with Gasteiger partial charge in [-0.2, -0.15) is 5.10 Å². The molecule has 136 valence electrons. The highest BCUT2D eigenvalue weighted by molar-refractivity contribution is 8.00. The lowest BCUT2D eigenvalue weighted by Gasteiger charge is -2.07. The molecule has 0 aliphatic heterocycles. The van der Waals surface area contributed by atoms with Crippen LogP contribution in [0.2, 0.25) is 0 Å². The topological polar surface area (TPSA) is 59.3 Å². The zero-order chi connectivity index (χ0) is 18.5. The van der Waals surface area contributed by atoms with Gasteiger partial charge in [0.25, 0.3) is 0 Å². The Morgan fingerprint density at radius 1 is 1.27 bits per heavy atom. The summed E-state index contributed by atoms with van der Waals surface area (Å²) in [5.74, 6) is 0.985. The SMILES string of the molecule is Cc1ccc(-c2cc3c(SCC(=O)NCCC(C)C)nccn3n2)cc1. The monoisotopic (exact) mass is 368 g/mol. The molecule has 0 fully saturated rings. The first-order chi connectivity index (χ1) is 12.5. The van der Waals surface area contributed by atoms with E-state index < -0.39 is 0 Å². The first-order valence-electron chi connectivity index (χ1n) is 8.84. The van der Waals surface area contributed by atoms with E-state index in [1.54, 1.807) is 6.20 Å². The molecule has 0 spiro atoms. The third-order valence-electron chi connectivity index (χ3n) is 4.09. The van der Waals surface area contributed by atoms with Gasteiger partial charge < -0.3 is 5.32 Å². The second-order valence-electron chi connectivity index (χ2n) is 6.78. The van der Waals surface area contributed by atoms with Gasteiger partial charge in [0.05, 0.1) is 17.0 Å². The Morgan fingerprint density at radius 3 is 2.77 bits per heavy atom. The summed E-state index contributed by atoms with van der Waals surface area (Å²) >= 11 is 1.44. The van der Waals surface area contributed by atoms with Gasteiger partial charge in [0.1, 0.15) is 5.03 Å². The summed E-state index contributed by atoms with van der Waals surface area (Å²) in [5.41, 5.74) is 4.12. The van der Waals surface area contributed by atoms with Gasteiger partial charge in [-0.25, -0.2) is 9.50 Å². The first-order valence-corrected chi connectivity index (χ1v) is 9.82. The minimum absolute atomic E-state index is 0.0396. The minimum Gasteiger partial charge on any atom is -0.355 e. The van der Waals surface area contributed by atoms with Crippen molar-refractivity contribution in [3.63, 3.8) is 0 Å². The lowest BCUT2D eigenvalue weighted by atomic mass is 10.1. The number of nitrogens with one attached hydrogen (secondary N) is 1. The molecule has 26 heavy (non-hydrogen) atoms. The molecule has 1 amide bonds. The zero-order valence-corrected chi connectivity index (χ0v) is 16.2. The molecule has 0 saturated carbocycles. The van der Waals surface area contributed by atoms with E-state index in [1.807, 2.05) is 16.8 Å². The molecule has 2 heterocycles. The normalized spacial score (nSPS) is 11.2. The Labute approximate surface area is 158 Å². The Kier molecular flexibility index (Phi) is 5.93. The highest BCUT2D eigenvalue weighted by Crippen LogP contribution is 2.26. The third-order valence-corrected chi connectivity index (χ3v) is 5.08. The number of carbonyl (C=O) groups excluding carboxylic acids is 1. The molecule has 6 heteroatoms. The number of hydrogen-bond acceptors (Lipinski definition) is 4. The predicted octanol–water partition coefficient (Wildman–Crippen LogP) is 3.96. The van der Waals surface area contributed by atoms with Gasteiger partial charge in [-0.3, -0.25) is 4.79 Å². The maximum Gasteiger partial charge on any atom is 0.230 e. The van der Waals surface area contributed by atoms with Crippen LogP contribution in [0, 0.1) is 12.8 Å². The fraction of sp³-hybridized carbons (Fsp3) is 0.350. The molecule has 3 aromatic rings. The number of amides is 1. The highest BCUT2D eigenvalue weighted by Gasteiger charge is 2.11. The lowest BCUT2D eigenvalue weighted by Crippen LogP contribution is -2.26. The number of hydrogen-bond donors (Lipinski definition) is 1. The number of carbonyl (C=O) groups is 1. The van der Waals surface area contributed by atoms with Crippen LogP contribution >= 0.6 is 11.8 Å². The summed E-state index contributed by atoms with van der Waals surface area (Å²) in [4.78, 5) is 16.4. The molecule has 2 aromatic heterocycles. The highest BCUT2D eigenvalue weighted by atomic mass is 32.2. The van der Waals surface area contributed by atoms with Gasteiger partial charge in [0.2, 0.25) is 5.91 Å². The number of thioether (sulfide) groups is 1. The Bertz CT molecular complexity index is 886. The van der Waals surface area contributed by atoms with E-state index in [0.717, 1.165) is 34.8 Å². The molecule has 5 nitrogen and oxygen atoms in total. The molecule has 0 bridgehead atoms. The van der Waals surface area contributed by atoms with Crippen molar-refractivity contribution in [3.8, 4) is 11.3 Å². The van der Waals surface area contributed by atoms with Crippen molar-refractivity contribution in [2.24, 2.45) is 5.92 Å². The van der Waals surface area contributed by atoms with E-state index in [1.165, 1.54) is 17.3 Å². The number of benzene rings is 1.